The average molecular weight is 426 g/mol. The minimum absolute atomic E-state index is 0.0514. The number of anilines is 2. The quantitative estimate of drug-likeness (QED) is 0.321. The maximum Gasteiger partial charge on any atom is 0.353 e. The van der Waals surface area contributed by atoms with Gasteiger partial charge in [-0.15, -0.1) is 0 Å². The van der Waals surface area contributed by atoms with Gasteiger partial charge < -0.3 is 30.1 Å². The summed E-state index contributed by atoms with van der Waals surface area (Å²) < 4.78 is 10.6. The highest BCUT2D eigenvalue weighted by molar-refractivity contribution is 5.83. The van der Waals surface area contributed by atoms with Crippen LogP contribution in [0.25, 0.3) is 0 Å². The molecule has 3 N–H and O–H groups in total. The molecule has 3 atom stereocenters. The van der Waals surface area contributed by atoms with E-state index in [1.165, 1.54) is 12.0 Å². The van der Waals surface area contributed by atoms with Crippen LogP contribution in [-0.2, 0) is 9.53 Å². The number of esters is 1. The number of ether oxygens (including phenoxy) is 2. The Morgan fingerprint density at radius 2 is 2.07 bits per heavy atom. The summed E-state index contributed by atoms with van der Waals surface area (Å²) in [6, 6.07) is -1.45. The van der Waals surface area contributed by atoms with Crippen LogP contribution in [0, 0.1) is 10.1 Å². The van der Waals surface area contributed by atoms with Gasteiger partial charge in [-0.2, -0.15) is 9.97 Å². The van der Waals surface area contributed by atoms with E-state index in [2.05, 4.69) is 20.6 Å². The number of methoxy groups -OCH3 is 1. The van der Waals surface area contributed by atoms with Gasteiger partial charge in [0.15, 0.2) is 0 Å². The molecular formula is C18H30N6O6. The van der Waals surface area contributed by atoms with Gasteiger partial charge in [0, 0.05) is 19.6 Å². The minimum atomic E-state index is -0.821. The van der Waals surface area contributed by atoms with E-state index in [-0.39, 0.29) is 30.7 Å². The zero-order chi connectivity index (χ0) is 22.6. The first-order valence-corrected chi connectivity index (χ1v) is 9.69. The third-order valence-corrected chi connectivity index (χ3v) is 4.49. The second kappa shape index (κ2) is 9.39. The number of hydrogen-bond donors (Lipinski definition) is 3. The first kappa shape index (κ1) is 23.5. The normalized spacial score (nSPS) is 19.0. The molecule has 0 radical (unpaired) electrons. The smallest absolute Gasteiger partial charge is 0.353 e. The molecule has 30 heavy (non-hydrogen) atoms. The summed E-state index contributed by atoms with van der Waals surface area (Å²) in [7, 11) is 1.34. The van der Waals surface area contributed by atoms with Gasteiger partial charge in [0.2, 0.25) is 11.6 Å². The zero-order valence-corrected chi connectivity index (χ0v) is 18.1. The van der Waals surface area contributed by atoms with Crippen LogP contribution in [0.4, 0.5) is 17.3 Å². The van der Waals surface area contributed by atoms with Gasteiger partial charge in [0.25, 0.3) is 0 Å². The van der Waals surface area contributed by atoms with Crippen molar-refractivity contribution >= 4 is 23.3 Å². The Balaban J connectivity index is 2.56. The molecule has 12 nitrogen and oxygen atoms in total. The number of rotatable bonds is 7. The minimum Gasteiger partial charge on any atom is -0.467 e. The summed E-state index contributed by atoms with van der Waals surface area (Å²) in [6.07, 6.45) is -0.789. The number of aromatic nitrogens is 2. The van der Waals surface area contributed by atoms with Crippen molar-refractivity contribution in [1.82, 2.24) is 15.3 Å². The number of nitrogens with one attached hydrogen (secondary N) is 2. The number of aliphatic hydroxyl groups is 1. The van der Waals surface area contributed by atoms with Gasteiger partial charge in [-0.25, -0.2) is 4.79 Å². The highest BCUT2D eigenvalue weighted by Gasteiger charge is 2.39. The number of aliphatic hydroxyl groups excluding tert-OH is 1. The zero-order valence-electron chi connectivity index (χ0n) is 18.1. The molecule has 2 heterocycles. The number of piperazine rings is 1. The lowest BCUT2D eigenvalue weighted by Gasteiger charge is -2.36. The van der Waals surface area contributed by atoms with Gasteiger partial charge in [0.05, 0.1) is 24.2 Å². The van der Waals surface area contributed by atoms with Crippen LogP contribution in [0.15, 0.2) is 0 Å². The van der Waals surface area contributed by atoms with E-state index < -0.39 is 40.4 Å². The molecule has 1 unspecified atom stereocenters. The molecule has 1 aliphatic rings. The van der Waals surface area contributed by atoms with E-state index >= 15 is 0 Å². The number of nitro groups is 1. The molecule has 1 fully saturated rings. The predicted molar refractivity (Wildman–Crippen MR) is 110 cm³/mol. The fourth-order valence-electron chi connectivity index (χ4n) is 2.86. The molecule has 0 spiro atoms. The Morgan fingerprint density at radius 3 is 2.60 bits per heavy atom. The largest absolute Gasteiger partial charge is 0.467 e. The third kappa shape index (κ3) is 5.66. The van der Waals surface area contributed by atoms with Gasteiger partial charge in [-0.05, 0) is 34.6 Å². The van der Waals surface area contributed by atoms with Crippen molar-refractivity contribution < 1.29 is 24.3 Å². The van der Waals surface area contributed by atoms with Crippen molar-refractivity contribution in [2.45, 2.75) is 58.4 Å². The van der Waals surface area contributed by atoms with Gasteiger partial charge in [-0.3, -0.25) is 10.1 Å². The summed E-state index contributed by atoms with van der Waals surface area (Å²) in [5, 5.41) is 27.7. The van der Waals surface area contributed by atoms with E-state index in [0.29, 0.717) is 6.54 Å². The van der Waals surface area contributed by atoms with E-state index in [0.717, 1.165) is 0 Å². The van der Waals surface area contributed by atoms with Crippen molar-refractivity contribution in [3.05, 3.63) is 10.1 Å². The molecule has 1 aromatic rings. The molecule has 1 aromatic heterocycles. The Bertz CT molecular complexity index is 781. The maximum absolute atomic E-state index is 12.8. The summed E-state index contributed by atoms with van der Waals surface area (Å²) in [6.45, 7) is 9.50. The van der Waals surface area contributed by atoms with Crippen LogP contribution in [0.5, 0.6) is 6.01 Å². The average Bonchev–Trinajstić information content (AvgIpc) is 2.65. The Morgan fingerprint density at radius 1 is 1.40 bits per heavy atom. The summed E-state index contributed by atoms with van der Waals surface area (Å²) in [4.78, 5) is 33.9. The molecule has 0 bridgehead atoms. The van der Waals surface area contributed by atoms with Crippen LogP contribution in [0.2, 0.25) is 0 Å². The second-order valence-electron chi connectivity index (χ2n) is 8.11. The molecule has 0 amide bonds. The summed E-state index contributed by atoms with van der Waals surface area (Å²) in [5.74, 6) is -0.672. The van der Waals surface area contributed by atoms with E-state index in [9.17, 15) is 20.0 Å². The lowest BCUT2D eigenvalue weighted by atomic mass is 10.1. The van der Waals surface area contributed by atoms with Gasteiger partial charge in [0.1, 0.15) is 11.6 Å². The summed E-state index contributed by atoms with van der Waals surface area (Å²) in [5.41, 5.74) is -1.12. The van der Waals surface area contributed by atoms with Crippen molar-refractivity contribution in [3.8, 4) is 6.01 Å². The van der Waals surface area contributed by atoms with Crippen LogP contribution in [-0.4, -0.2) is 76.5 Å². The van der Waals surface area contributed by atoms with Crippen molar-refractivity contribution in [2.24, 2.45) is 0 Å². The molecular weight excluding hydrogens is 396 g/mol. The van der Waals surface area contributed by atoms with Crippen LogP contribution >= 0.6 is 0 Å². The van der Waals surface area contributed by atoms with Crippen molar-refractivity contribution in [2.75, 3.05) is 37.0 Å². The standard InChI is InChI=1S/C18H30N6O6/c1-10(11(2)25)20-14-13(24(27)28)15(22-17(21-14)29-6)23-8-7-19-9-12(23)16(26)30-18(3,4)5/h10-12,19,25H,7-9H2,1-6H3,(H,20,21,22)/t10-,11-,12?/m1/s1. The number of nitrogens with zero attached hydrogens (tertiary/aromatic N) is 4. The van der Waals surface area contributed by atoms with E-state index in [4.69, 9.17) is 9.47 Å². The molecule has 12 heteroatoms. The molecule has 1 saturated heterocycles. The number of carbonyl (C=O) groups is 1. The van der Waals surface area contributed by atoms with Crippen molar-refractivity contribution in [1.29, 1.82) is 0 Å². The topological polar surface area (TPSA) is 152 Å². The molecule has 1 aliphatic heterocycles. The van der Waals surface area contributed by atoms with Crippen LogP contribution in [0.3, 0.4) is 0 Å². The lowest BCUT2D eigenvalue weighted by molar-refractivity contribution is -0.383. The third-order valence-electron chi connectivity index (χ3n) is 4.49. The number of hydrogen-bond acceptors (Lipinski definition) is 11. The predicted octanol–water partition coefficient (Wildman–Crippen LogP) is 0.695. The Hall–Kier alpha value is -2.73. The molecule has 168 valence electrons. The lowest BCUT2D eigenvalue weighted by Crippen LogP contribution is -2.57. The van der Waals surface area contributed by atoms with E-state index in [1.54, 1.807) is 34.6 Å². The fraction of sp³-hybridized carbons (Fsp3) is 0.722. The Kier molecular flexibility index (Phi) is 7.37. The highest BCUT2D eigenvalue weighted by Crippen LogP contribution is 2.36. The van der Waals surface area contributed by atoms with Gasteiger partial charge >= 0.3 is 17.7 Å². The summed E-state index contributed by atoms with van der Waals surface area (Å²) >= 11 is 0. The van der Waals surface area contributed by atoms with Crippen LogP contribution < -0.4 is 20.3 Å². The monoisotopic (exact) mass is 426 g/mol. The second-order valence-corrected chi connectivity index (χ2v) is 8.11. The Labute approximate surface area is 175 Å². The molecule has 0 aromatic carbocycles. The molecule has 0 aliphatic carbocycles. The van der Waals surface area contributed by atoms with E-state index in [1.807, 2.05) is 0 Å². The van der Waals surface area contributed by atoms with Gasteiger partial charge in [-0.1, -0.05) is 0 Å². The maximum atomic E-state index is 12.8. The molecule has 0 saturated carbocycles. The van der Waals surface area contributed by atoms with Crippen LogP contribution in [0.1, 0.15) is 34.6 Å². The number of carbonyl (C=O) groups excluding carboxylic acids is 1. The first-order chi connectivity index (χ1) is 13.9. The highest BCUT2D eigenvalue weighted by atomic mass is 16.6. The fourth-order valence-corrected chi connectivity index (χ4v) is 2.86. The first-order valence-electron chi connectivity index (χ1n) is 9.69. The SMILES string of the molecule is COc1nc(N[C@H](C)[C@@H](C)O)c([N+](=O)[O-])c(N2CCNCC2C(=O)OC(C)(C)C)n1. The van der Waals surface area contributed by atoms with Crippen molar-refractivity contribution in [3.63, 3.8) is 0 Å². The molecule has 2 rings (SSSR count).